The van der Waals surface area contributed by atoms with Crippen LogP contribution < -0.4 is 11.5 Å². The van der Waals surface area contributed by atoms with Gasteiger partial charge >= 0.3 is 5.97 Å². The van der Waals surface area contributed by atoms with Crippen LogP contribution in [0.2, 0.25) is 0 Å². The van der Waals surface area contributed by atoms with Crippen LogP contribution in [-0.2, 0) is 14.3 Å². The van der Waals surface area contributed by atoms with E-state index < -0.39 is 11.9 Å². The van der Waals surface area contributed by atoms with Gasteiger partial charge in [-0.25, -0.2) is 4.79 Å². The third-order valence-electron chi connectivity index (χ3n) is 4.05. The van der Waals surface area contributed by atoms with E-state index in [4.69, 9.17) is 16.2 Å². The summed E-state index contributed by atoms with van der Waals surface area (Å²) in [6, 6.07) is 5.04. The zero-order chi connectivity index (χ0) is 17.0. The summed E-state index contributed by atoms with van der Waals surface area (Å²) in [6.45, 7) is 2.22. The molecule has 0 radical (unpaired) electrons. The number of primary amides is 1. The van der Waals surface area contributed by atoms with Gasteiger partial charge in [0, 0.05) is 18.8 Å². The second kappa shape index (κ2) is 7.13. The van der Waals surface area contributed by atoms with E-state index in [1.54, 1.807) is 25.1 Å². The largest absolute Gasteiger partial charge is 0.452 e. The molecule has 2 rings (SSSR count). The second-order valence-corrected chi connectivity index (χ2v) is 5.69. The third kappa shape index (κ3) is 4.00. The molecular weight excluding hydrogens is 298 g/mol. The monoisotopic (exact) mass is 319 g/mol. The molecule has 0 unspecified atom stereocenters. The van der Waals surface area contributed by atoms with Crippen molar-refractivity contribution in [3.63, 3.8) is 0 Å². The van der Waals surface area contributed by atoms with Crippen LogP contribution in [0.4, 0.5) is 5.69 Å². The topological polar surface area (TPSA) is 116 Å². The zero-order valence-electron chi connectivity index (χ0n) is 13.1. The number of amides is 2. The first-order valence-electron chi connectivity index (χ1n) is 7.49. The van der Waals surface area contributed by atoms with E-state index in [0.29, 0.717) is 25.1 Å². The minimum Gasteiger partial charge on any atom is -0.452 e. The van der Waals surface area contributed by atoms with Crippen LogP contribution in [0.3, 0.4) is 0 Å². The van der Waals surface area contributed by atoms with E-state index >= 15 is 0 Å². The van der Waals surface area contributed by atoms with Crippen molar-refractivity contribution in [1.29, 1.82) is 0 Å². The number of anilines is 1. The molecule has 1 fully saturated rings. The highest BCUT2D eigenvalue weighted by atomic mass is 16.5. The van der Waals surface area contributed by atoms with Crippen LogP contribution in [0.5, 0.6) is 0 Å². The number of piperidine rings is 1. The van der Waals surface area contributed by atoms with Gasteiger partial charge in [-0.1, -0.05) is 12.1 Å². The van der Waals surface area contributed by atoms with Crippen LogP contribution in [0.15, 0.2) is 18.2 Å². The SMILES string of the molecule is Cc1cccc(C(=O)OCC(=O)N2CCC[C@@H](C(N)=O)C2)c1N. The van der Waals surface area contributed by atoms with E-state index in [1.165, 1.54) is 4.90 Å². The van der Waals surface area contributed by atoms with E-state index in [9.17, 15) is 14.4 Å². The second-order valence-electron chi connectivity index (χ2n) is 5.69. The van der Waals surface area contributed by atoms with Crippen LogP contribution in [0.1, 0.15) is 28.8 Å². The molecule has 2 amide bonds. The highest BCUT2D eigenvalue weighted by Crippen LogP contribution is 2.18. The third-order valence-corrected chi connectivity index (χ3v) is 4.05. The molecule has 1 aromatic carbocycles. The number of nitrogens with two attached hydrogens (primary N) is 2. The highest BCUT2D eigenvalue weighted by molar-refractivity contribution is 5.96. The molecule has 1 aliphatic heterocycles. The molecule has 1 aliphatic rings. The van der Waals surface area contributed by atoms with Crippen molar-refractivity contribution in [2.24, 2.45) is 11.7 Å². The average molecular weight is 319 g/mol. The summed E-state index contributed by atoms with van der Waals surface area (Å²) in [4.78, 5) is 36.9. The number of ether oxygens (including phenoxy) is 1. The molecule has 1 atom stereocenters. The summed E-state index contributed by atoms with van der Waals surface area (Å²) in [5.74, 6) is -1.72. The molecule has 1 aromatic rings. The number of benzene rings is 1. The van der Waals surface area contributed by atoms with E-state index in [-0.39, 0.29) is 30.5 Å². The first kappa shape index (κ1) is 16.8. The number of carbonyl (C=O) groups excluding carboxylic acids is 3. The lowest BCUT2D eigenvalue weighted by molar-refractivity contribution is -0.137. The molecule has 0 saturated carbocycles. The lowest BCUT2D eigenvalue weighted by Crippen LogP contribution is -2.45. The van der Waals surface area contributed by atoms with Crippen molar-refractivity contribution >= 4 is 23.5 Å². The van der Waals surface area contributed by atoms with Gasteiger partial charge in [0.05, 0.1) is 11.5 Å². The Morgan fingerprint density at radius 2 is 2.09 bits per heavy atom. The molecule has 0 bridgehead atoms. The van der Waals surface area contributed by atoms with E-state index in [2.05, 4.69) is 0 Å². The van der Waals surface area contributed by atoms with E-state index in [0.717, 1.165) is 5.56 Å². The Balaban J connectivity index is 1.92. The zero-order valence-corrected chi connectivity index (χ0v) is 13.1. The summed E-state index contributed by atoms with van der Waals surface area (Å²) in [7, 11) is 0. The molecular formula is C16H21N3O4. The summed E-state index contributed by atoms with van der Waals surface area (Å²) in [5, 5.41) is 0. The number of nitrogens with zero attached hydrogens (tertiary/aromatic N) is 1. The van der Waals surface area contributed by atoms with Crippen LogP contribution in [-0.4, -0.2) is 42.4 Å². The minimum absolute atomic E-state index is 0.242. The molecule has 0 spiro atoms. The Hall–Kier alpha value is -2.57. The lowest BCUT2D eigenvalue weighted by atomic mass is 9.97. The first-order chi connectivity index (χ1) is 10.9. The van der Waals surface area contributed by atoms with Gasteiger partial charge in [-0.2, -0.15) is 0 Å². The van der Waals surface area contributed by atoms with Gasteiger partial charge in [0.25, 0.3) is 5.91 Å². The van der Waals surface area contributed by atoms with Gasteiger partial charge in [0.2, 0.25) is 5.91 Å². The van der Waals surface area contributed by atoms with Gasteiger partial charge in [-0.05, 0) is 31.4 Å². The maximum Gasteiger partial charge on any atom is 0.340 e. The summed E-state index contributed by atoms with van der Waals surface area (Å²) >= 11 is 0. The number of hydrogen-bond donors (Lipinski definition) is 2. The maximum atomic E-state index is 12.1. The van der Waals surface area contributed by atoms with Crippen molar-refractivity contribution in [2.45, 2.75) is 19.8 Å². The van der Waals surface area contributed by atoms with Gasteiger partial charge in [0.1, 0.15) is 0 Å². The normalized spacial score (nSPS) is 17.6. The molecule has 124 valence electrons. The van der Waals surface area contributed by atoms with Crippen molar-refractivity contribution < 1.29 is 19.1 Å². The number of carbonyl (C=O) groups is 3. The average Bonchev–Trinajstić information content (AvgIpc) is 2.55. The summed E-state index contributed by atoms with van der Waals surface area (Å²) < 4.78 is 5.05. The number of aryl methyl sites for hydroxylation is 1. The standard InChI is InChI=1S/C16H21N3O4/c1-10-4-2-6-12(14(10)17)16(22)23-9-13(20)19-7-3-5-11(8-19)15(18)21/h2,4,6,11H,3,5,7-9,17H2,1H3,(H2,18,21)/t11-/m1/s1. The summed E-state index contributed by atoms with van der Waals surface area (Å²) in [6.07, 6.45) is 1.39. The molecule has 4 N–H and O–H groups in total. The van der Waals surface area contributed by atoms with Gasteiger partial charge in [-0.15, -0.1) is 0 Å². The minimum atomic E-state index is -0.636. The lowest BCUT2D eigenvalue weighted by Gasteiger charge is -2.31. The number of hydrogen-bond acceptors (Lipinski definition) is 5. The fourth-order valence-corrected chi connectivity index (χ4v) is 2.59. The number of esters is 1. The predicted octanol–water partition coefficient (Wildman–Crippen LogP) is 0.458. The fourth-order valence-electron chi connectivity index (χ4n) is 2.59. The quantitative estimate of drug-likeness (QED) is 0.618. The smallest absolute Gasteiger partial charge is 0.340 e. The van der Waals surface area contributed by atoms with Crippen molar-refractivity contribution in [2.75, 3.05) is 25.4 Å². The Morgan fingerprint density at radius 3 is 2.78 bits per heavy atom. The molecule has 7 heteroatoms. The van der Waals surface area contributed by atoms with Gasteiger partial charge in [0.15, 0.2) is 6.61 Å². The number of likely N-dealkylation sites (tertiary alicyclic amines) is 1. The Morgan fingerprint density at radius 1 is 1.35 bits per heavy atom. The molecule has 23 heavy (non-hydrogen) atoms. The van der Waals surface area contributed by atoms with Crippen molar-refractivity contribution in [1.82, 2.24) is 4.90 Å². The van der Waals surface area contributed by atoms with Crippen LogP contribution in [0.25, 0.3) is 0 Å². The highest BCUT2D eigenvalue weighted by Gasteiger charge is 2.27. The first-order valence-corrected chi connectivity index (χ1v) is 7.49. The molecule has 7 nitrogen and oxygen atoms in total. The Kier molecular flexibility index (Phi) is 5.20. The maximum absolute atomic E-state index is 12.1. The number of rotatable bonds is 4. The van der Waals surface area contributed by atoms with Gasteiger partial charge in [-0.3, -0.25) is 9.59 Å². The van der Waals surface area contributed by atoms with Gasteiger partial charge < -0.3 is 21.1 Å². The number of nitrogen functional groups attached to an aromatic ring is 1. The van der Waals surface area contributed by atoms with Crippen molar-refractivity contribution in [3.8, 4) is 0 Å². The predicted molar refractivity (Wildman–Crippen MR) is 84.4 cm³/mol. The molecule has 1 saturated heterocycles. The van der Waals surface area contributed by atoms with Crippen molar-refractivity contribution in [3.05, 3.63) is 29.3 Å². The molecule has 0 aliphatic carbocycles. The van der Waals surface area contributed by atoms with E-state index in [1.807, 2.05) is 0 Å². The summed E-state index contributed by atoms with van der Waals surface area (Å²) in [5.41, 5.74) is 12.5. The Labute approximate surface area is 134 Å². The van der Waals surface area contributed by atoms with Crippen LogP contribution in [0, 0.1) is 12.8 Å². The Bertz CT molecular complexity index is 630. The fraction of sp³-hybridized carbons (Fsp3) is 0.438. The number of para-hydroxylation sites is 1. The molecule has 0 aromatic heterocycles. The van der Waals surface area contributed by atoms with Crippen LogP contribution >= 0.6 is 0 Å². The molecule has 1 heterocycles.